The molecule has 0 spiro atoms. The first-order chi connectivity index (χ1) is 7.94. The van der Waals surface area contributed by atoms with Crippen molar-refractivity contribution in [3.8, 4) is 0 Å². The van der Waals surface area contributed by atoms with Gasteiger partial charge in [-0.15, -0.1) is 0 Å². The quantitative estimate of drug-likeness (QED) is 0.795. The number of rotatable bonds is 6. The molecular formula is C13H26N2OS. The maximum atomic E-state index is 5.13. The number of methoxy groups -OCH3 is 1. The van der Waals surface area contributed by atoms with E-state index in [1.54, 1.807) is 7.11 Å². The SMILES string of the molecule is COCCC(C)(C)CNC1=NCC(C(C)C)S1. The lowest BCUT2D eigenvalue weighted by atomic mass is 9.90. The number of nitrogens with zero attached hydrogens (tertiary/aromatic N) is 1. The van der Waals surface area contributed by atoms with Crippen molar-refractivity contribution >= 4 is 16.9 Å². The fourth-order valence-corrected chi connectivity index (χ4v) is 2.63. The van der Waals surface area contributed by atoms with Gasteiger partial charge in [-0.25, -0.2) is 0 Å². The molecule has 0 aromatic heterocycles. The highest BCUT2D eigenvalue weighted by Gasteiger charge is 2.24. The van der Waals surface area contributed by atoms with E-state index >= 15 is 0 Å². The minimum atomic E-state index is 0.259. The lowest BCUT2D eigenvalue weighted by molar-refractivity contribution is 0.153. The van der Waals surface area contributed by atoms with Crippen molar-refractivity contribution in [2.24, 2.45) is 16.3 Å². The van der Waals surface area contributed by atoms with Gasteiger partial charge in [0.25, 0.3) is 0 Å². The number of aliphatic imine (C=N–C) groups is 1. The van der Waals surface area contributed by atoms with Crippen molar-refractivity contribution in [2.45, 2.75) is 39.4 Å². The smallest absolute Gasteiger partial charge is 0.156 e. The zero-order valence-electron chi connectivity index (χ0n) is 11.7. The largest absolute Gasteiger partial charge is 0.385 e. The zero-order valence-corrected chi connectivity index (χ0v) is 12.6. The summed E-state index contributed by atoms with van der Waals surface area (Å²) >= 11 is 1.89. The molecule has 1 unspecified atom stereocenters. The van der Waals surface area contributed by atoms with Crippen molar-refractivity contribution in [3.05, 3.63) is 0 Å². The molecule has 0 saturated carbocycles. The summed E-state index contributed by atoms with van der Waals surface area (Å²) in [5, 5.41) is 5.25. The van der Waals surface area contributed by atoms with E-state index in [1.165, 1.54) is 0 Å². The van der Waals surface area contributed by atoms with Crippen molar-refractivity contribution in [3.63, 3.8) is 0 Å². The van der Waals surface area contributed by atoms with Crippen LogP contribution in [-0.2, 0) is 4.74 Å². The molecule has 1 rings (SSSR count). The number of ether oxygens (including phenoxy) is 1. The molecule has 0 aliphatic carbocycles. The minimum Gasteiger partial charge on any atom is -0.385 e. The Morgan fingerprint density at radius 1 is 1.53 bits per heavy atom. The van der Waals surface area contributed by atoms with Crippen LogP contribution >= 0.6 is 11.8 Å². The highest BCUT2D eigenvalue weighted by atomic mass is 32.2. The summed E-state index contributed by atoms with van der Waals surface area (Å²) in [5.41, 5.74) is 0.259. The van der Waals surface area contributed by atoms with Gasteiger partial charge < -0.3 is 10.1 Å². The third-order valence-electron chi connectivity index (χ3n) is 3.12. The molecule has 17 heavy (non-hydrogen) atoms. The number of hydrogen-bond acceptors (Lipinski definition) is 4. The molecule has 1 atom stereocenters. The molecule has 1 N–H and O–H groups in total. The second kappa shape index (κ2) is 6.64. The monoisotopic (exact) mass is 258 g/mol. The predicted molar refractivity (Wildman–Crippen MR) is 76.8 cm³/mol. The third kappa shape index (κ3) is 5.30. The molecule has 0 amide bonds. The van der Waals surface area contributed by atoms with Crippen LogP contribution in [0.4, 0.5) is 0 Å². The molecule has 0 saturated heterocycles. The second-order valence-corrected chi connectivity index (χ2v) is 7.03. The van der Waals surface area contributed by atoms with E-state index < -0.39 is 0 Å². The lowest BCUT2D eigenvalue weighted by Gasteiger charge is -2.25. The van der Waals surface area contributed by atoms with Gasteiger partial charge in [0.05, 0.1) is 6.54 Å². The van der Waals surface area contributed by atoms with Crippen molar-refractivity contribution in [1.82, 2.24) is 5.32 Å². The van der Waals surface area contributed by atoms with Gasteiger partial charge in [0, 0.05) is 25.5 Å². The van der Waals surface area contributed by atoms with Gasteiger partial charge in [-0.1, -0.05) is 39.5 Å². The van der Waals surface area contributed by atoms with Gasteiger partial charge in [-0.2, -0.15) is 0 Å². The van der Waals surface area contributed by atoms with Crippen molar-refractivity contribution < 1.29 is 4.74 Å². The van der Waals surface area contributed by atoms with Crippen LogP contribution in [0.2, 0.25) is 0 Å². The maximum absolute atomic E-state index is 5.13. The Balaban J connectivity index is 2.27. The summed E-state index contributed by atoms with van der Waals surface area (Å²) in [5.74, 6) is 0.699. The fraction of sp³-hybridized carbons (Fsp3) is 0.923. The van der Waals surface area contributed by atoms with Crippen LogP contribution in [0.3, 0.4) is 0 Å². The number of thioether (sulfide) groups is 1. The van der Waals surface area contributed by atoms with Gasteiger partial charge in [-0.3, -0.25) is 4.99 Å². The molecule has 0 aromatic rings. The molecule has 4 heteroatoms. The highest BCUT2D eigenvalue weighted by Crippen LogP contribution is 2.27. The van der Waals surface area contributed by atoms with E-state index in [0.29, 0.717) is 11.2 Å². The summed E-state index contributed by atoms with van der Waals surface area (Å²) in [6, 6.07) is 0. The van der Waals surface area contributed by atoms with Gasteiger partial charge in [0.1, 0.15) is 0 Å². The molecule has 1 aliphatic rings. The number of hydrogen-bond donors (Lipinski definition) is 1. The van der Waals surface area contributed by atoms with Gasteiger partial charge in [0.2, 0.25) is 0 Å². The topological polar surface area (TPSA) is 33.6 Å². The number of nitrogens with one attached hydrogen (secondary N) is 1. The summed E-state index contributed by atoms with van der Waals surface area (Å²) in [6.07, 6.45) is 1.07. The Labute approximate surface area is 110 Å². The van der Waals surface area contributed by atoms with Crippen LogP contribution < -0.4 is 5.32 Å². The Morgan fingerprint density at radius 3 is 2.76 bits per heavy atom. The second-order valence-electron chi connectivity index (χ2n) is 5.81. The first-order valence-electron chi connectivity index (χ1n) is 6.38. The van der Waals surface area contributed by atoms with Crippen molar-refractivity contribution in [2.75, 3.05) is 26.8 Å². The average Bonchev–Trinajstić information content (AvgIpc) is 2.73. The molecule has 1 aliphatic heterocycles. The van der Waals surface area contributed by atoms with Crippen LogP contribution in [0, 0.1) is 11.3 Å². The molecule has 3 nitrogen and oxygen atoms in total. The van der Waals surface area contributed by atoms with Crippen LogP contribution in [0.15, 0.2) is 4.99 Å². The molecule has 0 radical (unpaired) electrons. The summed E-state index contributed by atoms with van der Waals surface area (Å²) in [7, 11) is 1.76. The molecule has 100 valence electrons. The molecule has 0 aromatic carbocycles. The third-order valence-corrected chi connectivity index (χ3v) is 4.62. The standard InChI is InChI=1S/C13H26N2OS/c1-10(2)11-8-14-12(17-11)15-9-13(3,4)6-7-16-5/h10-11H,6-9H2,1-5H3,(H,14,15). The van der Waals surface area contributed by atoms with Crippen LogP contribution in [0.25, 0.3) is 0 Å². The van der Waals surface area contributed by atoms with Crippen LogP contribution in [0.5, 0.6) is 0 Å². The Bertz CT molecular complexity index is 264. The summed E-state index contributed by atoms with van der Waals surface area (Å²) < 4.78 is 5.13. The summed E-state index contributed by atoms with van der Waals surface area (Å²) in [6.45, 7) is 11.8. The maximum Gasteiger partial charge on any atom is 0.156 e. The molecule has 0 fully saturated rings. The van der Waals surface area contributed by atoms with E-state index in [0.717, 1.165) is 31.3 Å². The Hall–Kier alpha value is -0.220. The molecular weight excluding hydrogens is 232 g/mol. The molecule has 0 bridgehead atoms. The Kier molecular flexibility index (Phi) is 5.80. The number of amidine groups is 1. The highest BCUT2D eigenvalue weighted by molar-refractivity contribution is 8.14. The summed E-state index contributed by atoms with van der Waals surface area (Å²) in [4.78, 5) is 4.56. The zero-order chi connectivity index (χ0) is 12.9. The van der Waals surface area contributed by atoms with Gasteiger partial charge in [0.15, 0.2) is 5.17 Å². The van der Waals surface area contributed by atoms with Crippen LogP contribution in [-0.4, -0.2) is 37.2 Å². The first-order valence-corrected chi connectivity index (χ1v) is 7.26. The minimum absolute atomic E-state index is 0.259. The fourth-order valence-electron chi connectivity index (χ4n) is 1.62. The van der Waals surface area contributed by atoms with Crippen molar-refractivity contribution in [1.29, 1.82) is 0 Å². The van der Waals surface area contributed by atoms with E-state index in [4.69, 9.17) is 4.74 Å². The van der Waals surface area contributed by atoms with Gasteiger partial charge in [-0.05, 0) is 17.8 Å². The van der Waals surface area contributed by atoms with E-state index in [2.05, 4.69) is 38.0 Å². The Morgan fingerprint density at radius 2 is 2.24 bits per heavy atom. The van der Waals surface area contributed by atoms with E-state index in [9.17, 15) is 0 Å². The lowest BCUT2D eigenvalue weighted by Crippen LogP contribution is -2.33. The van der Waals surface area contributed by atoms with Crippen LogP contribution in [0.1, 0.15) is 34.1 Å². The normalized spacial score (nSPS) is 20.8. The van der Waals surface area contributed by atoms with E-state index in [-0.39, 0.29) is 5.41 Å². The predicted octanol–water partition coefficient (Wildman–Crippen LogP) is 2.77. The average molecular weight is 258 g/mol. The molecule has 1 heterocycles. The first kappa shape index (κ1) is 14.8. The van der Waals surface area contributed by atoms with E-state index in [1.807, 2.05) is 11.8 Å². The van der Waals surface area contributed by atoms with Gasteiger partial charge >= 0.3 is 0 Å².